The Bertz CT molecular complexity index is 3170. The molecule has 0 unspecified atom stereocenters. The third-order valence-corrected chi connectivity index (χ3v) is 12.0. The molecule has 0 aliphatic rings. The fourth-order valence-electron chi connectivity index (χ4n) is 8.80. The minimum absolute atomic E-state index is 0.909. The van der Waals surface area contributed by atoms with Gasteiger partial charge in [-0.25, -0.2) is 0 Å². The minimum Gasteiger partial charge on any atom is -0.456 e. The molecule has 10 aromatic carbocycles. The zero-order valence-corrected chi connectivity index (χ0v) is 34.0. The van der Waals surface area contributed by atoms with E-state index in [4.69, 9.17) is 4.42 Å². The van der Waals surface area contributed by atoms with Crippen molar-refractivity contribution in [2.75, 3.05) is 4.90 Å². The Labute approximate surface area is 362 Å². The van der Waals surface area contributed by atoms with Gasteiger partial charge < -0.3 is 9.32 Å². The van der Waals surface area contributed by atoms with Crippen molar-refractivity contribution >= 4 is 39.0 Å². The summed E-state index contributed by atoms with van der Waals surface area (Å²) in [4.78, 5) is 2.35. The van der Waals surface area contributed by atoms with Crippen molar-refractivity contribution in [1.29, 1.82) is 0 Å². The first-order valence-electron chi connectivity index (χ1n) is 21.2. The van der Waals surface area contributed by atoms with Crippen molar-refractivity contribution < 1.29 is 4.42 Å². The topological polar surface area (TPSA) is 16.4 Å². The second-order valence-electron chi connectivity index (χ2n) is 15.7. The quantitative estimate of drug-likeness (QED) is 0.145. The second kappa shape index (κ2) is 16.1. The SMILES string of the molecule is c1ccc(-c2ccccc2-c2ccc(N(c3ccc(-c4ccc(-c5ccc6c(c5)oc5ccccc56)cc4)cc3)c3ccc(-c4ccccc4-c4ccccc4)cc3)cc2)cc1. The van der Waals surface area contributed by atoms with Crippen LogP contribution in [0, 0.1) is 0 Å². The average Bonchev–Trinajstić information content (AvgIpc) is 3.73. The largest absolute Gasteiger partial charge is 0.456 e. The molecule has 2 heteroatoms. The highest BCUT2D eigenvalue weighted by molar-refractivity contribution is 6.06. The van der Waals surface area contributed by atoms with E-state index in [9.17, 15) is 0 Å². The molecule has 0 radical (unpaired) electrons. The van der Waals surface area contributed by atoms with Crippen LogP contribution in [-0.2, 0) is 0 Å². The van der Waals surface area contributed by atoms with Crippen LogP contribution < -0.4 is 4.90 Å². The molecule has 0 aliphatic carbocycles. The molecule has 0 atom stereocenters. The first-order chi connectivity index (χ1) is 30.7. The third kappa shape index (κ3) is 7.04. The number of nitrogens with zero attached hydrogens (tertiary/aromatic N) is 1. The molecule has 0 bridgehead atoms. The Hall–Kier alpha value is -8.20. The molecular formula is C60H41NO. The molecule has 0 amide bonds. The maximum atomic E-state index is 6.19. The Morgan fingerprint density at radius 3 is 1.02 bits per heavy atom. The van der Waals surface area contributed by atoms with E-state index in [0.29, 0.717) is 0 Å². The van der Waals surface area contributed by atoms with Crippen LogP contribution in [0.25, 0.3) is 88.7 Å². The summed E-state index contributed by atoms with van der Waals surface area (Å²) < 4.78 is 6.19. The third-order valence-electron chi connectivity index (χ3n) is 12.0. The van der Waals surface area contributed by atoms with Crippen LogP contribution in [0.5, 0.6) is 0 Å². The lowest BCUT2D eigenvalue weighted by Gasteiger charge is -2.26. The Balaban J connectivity index is 0.927. The molecular weight excluding hydrogens is 751 g/mol. The van der Waals surface area contributed by atoms with Gasteiger partial charge in [0.2, 0.25) is 0 Å². The van der Waals surface area contributed by atoms with Gasteiger partial charge in [0.05, 0.1) is 0 Å². The summed E-state index contributed by atoms with van der Waals surface area (Å²) in [5.74, 6) is 0. The van der Waals surface area contributed by atoms with E-state index in [-0.39, 0.29) is 0 Å². The summed E-state index contributed by atoms with van der Waals surface area (Å²) in [6, 6.07) is 89.0. The Morgan fingerprint density at radius 2 is 0.548 bits per heavy atom. The van der Waals surface area contributed by atoms with Crippen LogP contribution in [0.3, 0.4) is 0 Å². The van der Waals surface area contributed by atoms with Crippen molar-refractivity contribution in [3.8, 4) is 66.8 Å². The van der Waals surface area contributed by atoms with Crippen LogP contribution in [0.1, 0.15) is 0 Å². The molecule has 62 heavy (non-hydrogen) atoms. The number of furan rings is 1. The summed E-state index contributed by atoms with van der Waals surface area (Å²) in [5, 5.41) is 2.29. The van der Waals surface area contributed by atoms with Gasteiger partial charge in [0.15, 0.2) is 0 Å². The van der Waals surface area contributed by atoms with Gasteiger partial charge in [0.1, 0.15) is 11.2 Å². The summed E-state index contributed by atoms with van der Waals surface area (Å²) in [5.41, 5.74) is 19.3. The standard InChI is InChI=1S/C60H41NO/c1-3-13-45(14-4-1)53-17-7-9-19-55(53)47-29-36-51(37-30-47)61(52-38-31-48(32-39-52)56-20-10-8-18-54(56)46-15-5-2-6-16-46)50-34-27-43(28-35-50)42-23-25-44(26-24-42)49-33-40-58-57-21-11-12-22-59(57)62-60(58)41-49/h1-41H. The van der Waals surface area contributed by atoms with Crippen LogP contribution in [-0.4, -0.2) is 0 Å². The monoisotopic (exact) mass is 791 g/mol. The van der Waals surface area contributed by atoms with Gasteiger partial charge in [-0.05, 0) is 121 Å². The molecule has 0 saturated carbocycles. The van der Waals surface area contributed by atoms with Gasteiger partial charge >= 0.3 is 0 Å². The highest BCUT2D eigenvalue weighted by atomic mass is 16.3. The Kier molecular flexibility index (Phi) is 9.57. The van der Waals surface area contributed by atoms with Gasteiger partial charge in [0.25, 0.3) is 0 Å². The fourth-order valence-corrected chi connectivity index (χ4v) is 8.80. The first kappa shape index (κ1) is 36.8. The molecule has 1 aromatic heterocycles. The predicted molar refractivity (Wildman–Crippen MR) is 261 cm³/mol. The summed E-state index contributed by atoms with van der Waals surface area (Å²) in [6.45, 7) is 0. The zero-order chi connectivity index (χ0) is 41.2. The van der Waals surface area contributed by atoms with Gasteiger partial charge in [-0.3, -0.25) is 0 Å². The van der Waals surface area contributed by atoms with E-state index >= 15 is 0 Å². The van der Waals surface area contributed by atoms with Crippen LogP contribution in [0.15, 0.2) is 253 Å². The van der Waals surface area contributed by atoms with Crippen molar-refractivity contribution in [2.24, 2.45) is 0 Å². The van der Waals surface area contributed by atoms with Gasteiger partial charge in [-0.15, -0.1) is 0 Å². The number of anilines is 3. The summed E-state index contributed by atoms with van der Waals surface area (Å²) in [7, 11) is 0. The van der Waals surface area contributed by atoms with E-state index in [2.05, 4.69) is 241 Å². The van der Waals surface area contributed by atoms with Crippen molar-refractivity contribution in [3.05, 3.63) is 249 Å². The molecule has 11 rings (SSSR count). The highest BCUT2D eigenvalue weighted by Crippen LogP contribution is 2.41. The van der Waals surface area contributed by atoms with Crippen molar-refractivity contribution in [2.45, 2.75) is 0 Å². The van der Waals surface area contributed by atoms with E-state index in [0.717, 1.165) is 55.7 Å². The number of rotatable bonds is 9. The number of fused-ring (bicyclic) bond motifs is 3. The van der Waals surface area contributed by atoms with E-state index in [1.54, 1.807) is 0 Å². The van der Waals surface area contributed by atoms with Crippen LogP contribution >= 0.6 is 0 Å². The normalized spacial score (nSPS) is 11.2. The smallest absolute Gasteiger partial charge is 0.136 e. The summed E-state index contributed by atoms with van der Waals surface area (Å²) >= 11 is 0. The van der Waals surface area contributed by atoms with Gasteiger partial charge in [-0.2, -0.15) is 0 Å². The lowest BCUT2D eigenvalue weighted by atomic mass is 9.94. The molecule has 0 saturated heterocycles. The summed E-state index contributed by atoms with van der Waals surface area (Å²) in [6.07, 6.45) is 0. The van der Waals surface area contributed by atoms with Crippen molar-refractivity contribution in [3.63, 3.8) is 0 Å². The first-order valence-corrected chi connectivity index (χ1v) is 21.2. The maximum Gasteiger partial charge on any atom is 0.136 e. The minimum atomic E-state index is 0.909. The Morgan fingerprint density at radius 1 is 0.226 bits per heavy atom. The molecule has 2 nitrogen and oxygen atoms in total. The molecule has 0 N–H and O–H groups in total. The molecule has 0 spiro atoms. The van der Waals surface area contributed by atoms with E-state index in [1.807, 2.05) is 12.1 Å². The lowest BCUT2D eigenvalue weighted by Crippen LogP contribution is -2.09. The van der Waals surface area contributed by atoms with E-state index in [1.165, 1.54) is 50.1 Å². The van der Waals surface area contributed by atoms with Crippen LogP contribution in [0.2, 0.25) is 0 Å². The number of hydrogen-bond donors (Lipinski definition) is 0. The maximum absolute atomic E-state index is 6.19. The molecule has 0 aliphatic heterocycles. The highest BCUT2D eigenvalue weighted by Gasteiger charge is 2.16. The van der Waals surface area contributed by atoms with Crippen LogP contribution in [0.4, 0.5) is 17.1 Å². The molecule has 11 aromatic rings. The van der Waals surface area contributed by atoms with Gasteiger partial charge in [-0.1, -0.05) is 194 Å². The fraction of sp³-hybridized carbons (Fsp3) is 0. The second-order valence-corrected chi connectivity index (χ2v) is 15.7. The molecule has 1 heterocycles. The number of para-hydroxylation sites is 1. The molecule has 0 fully saturated rings. The van der Waals surface area contributed by atoms with E-state index < -0.39 is 0 Å². The number of benzene rings is 10. The average molecular weight is 792 g/mol. The predicted octanol–water partition coefficient (Wildman–Crippen LogP) is 17.1. The molecule has 292 valence electrons. The zero-order valence-electron chi connectivity index (χ0n) is 34.0. The lowest BCUT2D eigenvalue weighted by molar-refractivity contribution is 0.669. The van der Waals surface area contributed by atoms with Gasteiger partial charge in [0, 0.05) is 27.8 Å². The van der Waals surface area contributed by atoms with Crippen molar-refractivity contribution in [1.82, 2.24) is 0 Å². The number of hydrogen-bond acceptors (Lipinski definition) is 2.